The first-order valence-corrected chi connectivity index (χ1v) is 6.82. The van der Waals surface area contributed by atoms with Crippen LogP contribution in [0.3, 0.4) is 0 Å². The molecule has 1 N–H and O–H groups in total. The Labute approximate surface area is 115 Å². The van der Waals surface area contributed by atoms with Gasteiger partial charge in [0.2, 0.25) is 0 Å². The highest BCUT2D eigenvalue weighted by Crippen LogP contribution is 2.18. The van der Waals surface area contributed by atoms with Crippen LogP contribution in [0, 0.1) is 13.8 Å². The number of benzene rings is 1. The molecule has 19 heavy (non-hydrogen) atoms. The fourth-order valence-electron chi connectivity index (χ4n) is 2.10. The van der Waals surface area contributed by atoms with Gasteiger partial charge in [0, 0.05) is 29.1 Å². The summed E-state index contributed by atoms with van der Waals surface area (Å²) < 4.78 is 0. The van der Waals surface area contributed by atoms with Crippen molar-refractivity contribution in [1.82, 2.24) is 15.3 Å². The van der Waals surface area contributed by atoms with E-state index in [-0.39, 0.29) is 0 Å². The van der Waals surface area contributed by atoms with Crippen LogP contribution < -0.4 is 5.32 Å². The second-order valence-corrected chi connectivity index (χ2v) is 4.74. The van der Waals surface area contributed by atoms with Crippen molar-refractivity contribution in [3.63, 3.8) is 0 Å². The van der Waals surface area contributed by atoms with Crippen molar-refractivity contribution in [2.24, 2.45) is 0 Å². The third-order valence-electron chi connectivity index (χ3n) is 3.18. The van der Waals surface area contributed by atoms with E-state index >= 15 is 0 Å². The average Bonchev–Trinajstić information content (AvgIpc) is 2.43. The molecule has 2 rings (SSSR count). The lowest BCUT2D eigenvalue weighted by molar-refractivity contribution is 0.665. The lowest BCUT2D eigenvalue weighted by atomic mass is 10.1. The van der Waals surface area contributed by atoms with E-state index in [0.717, 1.165) is 42.3 Å². The van der Waals surface area contributed by atoms with Crippen LogP contribution in [-0.4, -0.2) is 16.5 Å². The summed E-state index contributed by atoms with van der Waals surface area (Å²) in [7, 11) is 0. The molecule has 0 spiro atoms. The molecule has 0 radical (unpaired) electrons. The maximum Gasteiger partial charge on any atom is 0.159 e. The first-order chi connectivity index (χ1) is 9.22. The fourth-order valence-corrected chi connectivity index (χ4v) is 2.10. The lowest BCUT2D eigenvalue weighted by Gasteiger charge is -2.11. The van der Waals surface area contributed by atoms with Gasteiger partial charge in [0.1, 0.15) is 0 Å². The van der Waals surface area contributed by atoms with E-state index < -0.39 is 0 Å². The van der Waals surface area contributed by atoms with Gasteiger partial charge in [0.05, 0.1) is 0 Å². The molecular formula is C16H21N3. The Bertz CT molecular complexity index is 512. The first-order valence-electron chi connectivity index (χ1n) is 6.82. The maximum atomic E-state index is 4.63. The number of aryl methyl sites for hydroxylation is 2. The summed E-state index contributed by atoms with van der Waals surface area (Å²) in [6.45, 7) is 8.16. The topological polar surface area (TPSA) is 37.8 Å². The van der Waals surface area contributed by atoms with Gasteiger partial charge in [-0.25, -0.2) is 9.97 Å². The molecule has 3 heteroatoms. The van der Waals surface area contributed by atoms with Gasteiger partial charge < -0.3 is 5.32 Å². The van der Waals surface area contributed by atoms with Crippen LogP contribution in [0.4, 0.5) is 0 Å². The Kier molecular flexibility index (Phi) is 4.63. The third kappa shape index (κ3) is 3.38. The van der Waals surface area contributed by atoms with Gasteiger partial charge in [-0.2, -0.15) is 0 Å². The first kappa shape index (κ1) is 13.7. The summed E-state index contributed by atoms with van der Waals surface area (Å²) in [5, 5.41) is 3.41. The Balaban J connectivity index is 2.26. The SMILES string of the molecule is CCCNCc1c(C)nc(-c2ccccc2)nc1C. The van der Waals surface area contributed by atoms with E-state index in [1.165, 1.54) is 5.56 Å². The number of hydrogen-bond donors (Lipinski definition) is 1. The van der Waals surface area contributed by atoms with E-state index in [1.54, 1.807) is 0 Å². The zero-order valence-electron chi connectivity index (χ0n) is 11.9. The highest BCUT2D eigenvalue weighted by molar-refractivity contribution is 5.55. The molecule has 0 aliphatic carbocycles. The number of nitrogens with zero attached hydrogens (tertiary/aromatic N) is 2. The molecule has 0 unspecified atom stereocenters. The second kappa shape index (κ2) is 6.43. The Morgan fingerprint density at radius 2 is 1.63 bits per heavy atom. The normalized spacial score (nSPS) is 10.7. The van der Waals surface area contributed by atoms with E-state index in [2.05, 4.69) is 36.1 Å². The number of aromatic nitrogens is 2. The van der Waals surface area contributed by atoms with E-state index in [9.17, 15) is 0 Å². The molecule has 0 saturated heterocycles. The minimum Gasteiger partial charge on any atom is -0.313 e. The molecule has 0 atom stereocenters. The summed E-state index contributed by atoms with van der Waals surface area (Å²) in [5.41, 5.74) is 4.42. The Hall–Kier alpha value is -1.74. The molecule has 0 amide bonds. The molecule has 1 heterocycles. The van der Waals surface area contributed by atoms with Crippen molar-refractivity contribution >= 4 is 0 Å². The number of nitrogens with one attached hydrogen (secondary N) is 1. The highest BCUT2D eigenvalue weighted by atomic mass is 14.9. The summed E-state index contributed by atoms with van der Waals surface area (Å²) in [5.74, 6) is 0.815. The smallest absolute Gasteiger partial charge is 0.159 e. The molecule has 2 aromatic rings. The molecule has 100 valence electrons. The van der Waals surface area contributed by atoms with Crippen LogP contribution in [0.25, 0.3) is 11.4 Å². The zero-order valence-corrected chi connectivity index (χ0v) is 11.9. The fraction of sp³-hybridized carbons (Fsp3) is 0.375. The molecule has 0 aliphatic heterocycles. The molecule has 0 bridgehead atoms. The summed E-state index contributed by atoms with van der Waals surface area (Å²) in [4.78, 5) is 9.26. The van der Waals surface area contributed by atoms with Crippen LogP contribution in [0.2, 0.25) is 0 Å². The zero-order chi connectivity index (χ0) is 13.7. The van der Waals surface area contributed by atoms with Crippen molar-refractivity contribution in [3.05, 3.63) is 47.3 Å². The van der Waals surface area contributed by atoms with Crippen molar-refractivity contribution in [2.75, 3.05) is 6.54 Å². The molecule has 1 aromatic carbocycles. The van der Waals surface area contributed by atoms with E-state index in [0.29, 0.717) is 0 Å². The quantitative estimate of drug-likeness (QED) is 0.833. The van der Waals surface area contributed by atoms with Crippen molar-refractivity contribution in [2.45, 2.75) is 33.7 Å². The van der Waals surface area contributed by atoms with Gasteiger partial charge in [0.15, 0.2) is 5.82 Å². The van der Waals surface area contributed by atoms with Crippen LogP contribution in [0.15, 0.2) is 30.3 Å². The maximum absolute atomic E-state index is 4.63. The van der Waals surface area contributed by atoms with Gasteiger partial charge in [-0.15, -0.1) is 0 Å². The molecule has 0 fully saturated rings. The second-order valence-electron chi connectivity index (χ2n) is 4.74. The number of rotatable bonds is 5. The van der Waals surface area contributed by atoms with Gasteiger partial charge in [-0.05, 0) is 26.8 Å². The van der Waals surface area contributed by atoms with E-state index in [4.69, 9.17) is 0 Å². The van der Waals surface area contributed by atoms with Gasteiger partial charge in [-0.1, -0.05) is 37.3 Å². The monoisotopic (exact) mass is 255 g/mol. The highest BCUT2D eigenvalue weighted by Gasteiger charge is 2.09. The van der Waals surface area contributed by atoms with Crippen LogP contribution in [0.5, 0.6) is 0 Å². The van der Waals surface area contributed by atoms with Crippen molar-refractivity contribution in [1.29, 1.82) is 0 Å². The van der Waals surface area contributed by atoms with Crippen LogP contribution in [0.1, 0.15) is 30.3 Å². The Morgan fingerprint density at radius 3 is 2.21 bits per heavy atom. The summed E-state index contributed by atoms with van der Waals surface area (Å²) >= 11 is 0. The lowest BCUT2D eigenvalue weighted by Crippen LogP contribution is -2.17. The van der Waals surface area contributed by atoms with Gasteiger partial charge in [-0.3, -0.25) is 0 Å². The molecule has 0 aliphatic rings. The largest absolute Gasteiger partial charge is 0.313 e. The van der Waals surface area contributed by atoms with Gasteiger partial charge in [0.25, 0.3) is 0 Å². The predicted molar refractivity (Wildman–Crippen MR) is 78.9 cm³/mol. The Morgan fingerprint density at radius 1 is 1.00 bits per heavy atom. The van der Waals surface area contributed by atoms with Crippen molar-refractivity contribution in [3.8, 4) is 11.4 Å². The number of hydrogen-bond acceptors (Lipinski definition) is 3. The molecule has 1 aromatic heterocycles. The minimum atomic E-state index is 0.815. The summed E-state index contributed by atoms with van der Waals surface area (Å²) in [6.07, 6.45) is 1.14. The van der Waals surface area contributed by atoms with Crippen LogP contribution >= 0.6 is 0 Å². The molecule has 0 saturated carbocycles. The third-order valence-corrected chi connectivity index (χ3v) is 3.18. The predicted octanol–water partition coefficient (Wildman–Crippen LogP) is 3.26. The standard InChI is InChI=1S/C16H21N3/c1-4-10-17-11-15-12(2)18-16(19-13(15)3)14-8-6-5-7-9-14/h5-9,17H,4,10-11H2,1-3H3. The summed E-state index contributed by atoms with van der Waals surface area (Å²) in [6, 6.07) is 10.1. The van der Waals surface area contributed by atoms with Crippen LogP contribution in [-0.2, 0) is 6.54 Å². The molecular weight excluding hydrogens is 234 g/mol. The van der Waals surface area contributed by atoms with E-state index in [1.807, 2.05) is 30.3 Å². The minimum absolute atomic E-state index is 0.815. The molecule has 3 nitrogen and oxygen atoms in total. The average molecular weight is 255 g/mol. The van der Waals surface area contributed by atoms with Crippen molar-refractivity contribution < 1.29 is 0 Å². The van der Waals surface area contributed by atoms with Gasteiger partial charge >= 0.3 is 0 Å².